The van der Waals surface area contributed by atoms with Gasteiger partial charge in [-0.2, -0.15) is 4.39 Å². The molecule has 2 rings (SSSR count). The number of benzene rings is 1. The van der Waals surface area contributed by atoms with E-state index in [0.29, 0.717) is 25.3 Å². The molecule has 1 aromatic rings. The number of hydrogen-bond acceptors (Lipinski definition) is 4. The van der Waals surface area contributed by atoms with E-state index in [9.17, 15) is 27.3 Å². The molecule has 0 heterocycles. The monoisotopic (exact) mass is 340 g/mol. The summed E-state index contributed by atoms with van der Waals surface area (Å²) in [6, 6.07) is -0.0368. The van der Waals surface area contributed by atoms with E-state index in [2.05, 4.69) is 4.72 Å². The number of rotatable bonds is 4. The van der Waals surface area contributed by atoms with E-state index in [-0.39, 0.29) is 6.07 Å². The Bertz CT molecular complexity index is 683. The van der Waals surface area contributed by atoms with E-state index < -0.39 is 48.6 Å². The lowest BCUT2D eigenvalue weighted by molar-refractivity contribution is -0.387. The van der Waals surface area contributed by atoms with Crippen LogP contribution in [0.4, 0.5) is 14.5 Å². The van der Waals surface area contributed by atoms with Crippen molar-refractivity contribution in [1.82, 2.24) is 4.72 Å². The minimum absolute atomic E-state index is 0.180. The van der Waals surface area contributed by atoms with Crippen LogP contribution in [0.15, 0.2) is 17.0 Å². The van der Waals surface area contributed by atoms with Crippen LogP contribution < -0.4 is 4.72 Å². The predicted octanol–water partition coefficient (Wildman–Crippen LogP) is 2.31. The highest BCUT2D eigenvalue weighted by Crippen LogP contribution is 2.28. The number of nitrogens with one attached hydrogen (secondary N) is 1. The summed E-state index contributed by atoms with van der Waals surface area (Å²) in [5.41, 5.74) is -1.11. The lowest BCUT2D eigenvalue weighted by Crippen LogP contribution is -2.38. The third-order valence-corrected chi connectivity index (χ3v) is 5.25. The van der Waals surface area contributed by atoms with Crippen molar-refractivity contribution in [2.24, 2.45) is 0 Å². The van der Waals surface area contributed by atoms with Crippen molar-refractivity contribution in [2.75, 3.05) is 0 Å². The van der Waals surface area contributed by atoms with Gasteiger partial charge in [-0.3, -0.25) is 10.1 Å². The van der Waals surface area contributed by atoms with Crippen LogP contribution >= 0.6 is 11.6 Å². The van der Waals surface area contributed by atoms with E-state index in [1.807, 2.05) is 0 Å². The topological polar surface area (TPSA) is 89.3 Å². The first-order chi connectivity index (χ1) is 9.72. The van der Waals surface area contributed by atoms with Crippen molar-refractivity contribution < 1.29 is 22.1 Å². The maximum atomic E-state index is 13.6. The fraction of sp³-hybridized carbons (Fsp3) is 0.455. The largest absolute Gasteiger partial charge is 0.306 e. The molecule has 21 heavy (non-hydrogen) atoms. The van der Waals surface area contributed by atoms with Crippen LogP contribution in [0, 0.1) is 21.7 Å². The Kier molecular flexibility index (Phi) is 4.45. The second-order valence-corrected chi connectivity index (χ2v) is 6.91. The molecule has 1 aromatic carbocycles. The van der Waals surface area contributed by atoms with Gasteiger partial charge in [0.15, 0.2) is 0 Å². The minimum Gasteiger partial charge on any atom is -0.258 e. The molecule has 116 valence electrons. The smallest absolute Gasteiger partial charge is 0.258 e. The lowest BCUT2D eigenvalue weighted by Gasteiger charge is -2.16. The molecule has 0 aliphatic heterocycles. The molecule has 2 unspecified atom stereocenters. The van der Waals surface area contributed by atoms with Gasteiger partial charge in [-0.15, -0.1) is 11.6 Å². The Balaban J connectivity index is 2.40. The molecule has 2 atom stereocenters. The first-order valence-corrected chi connectivity index (χ1v) is 7.94. The molecule has 0 bridgehead atoms. The molecule has 0 spiro atoms. The summed E-state index contributed by atoms with van der Waals surface area (Å²) >= 11 is 5.93. The van der Waals surface area contributed by atoms with Crippen LogP contribution in [0.3, 0.4) is 0 Å². The average molecular weight is 341 g/mol. The molecule has 1 fully saturated rings. The third kappa shape index (κ3) is 3.30. The van der Waals surface area contributed by atoms with Gasteiger partial charge in [0.1, 0.15) is 10.7 Å². The van der Waals surface area contributed by atoms with Gasteiger partial charge in [-0.05, 0) is 12.8 Å². The second-order valence-electron chi connectivity index (χ2n) is 4.67. The summed E-state index contributed by atoms with van der Waals surface area (Å²) < 4.78 is 53.2. The number of alkyl halides is 1. The van der Waals surface area contributed by atoms with E-state index in [0.717, 1.165) is 0 Å². The molecular weight excluding hydrogens is 330 g/mol. The average Bonchev–Trinajstić information content (AvgIpc) is 2.73. The Morgan fingerprint density at radius 1 is 1.29 bits per heavy atom. The van der Waals surface area contributed by atoms with E-state index >= 15 is 0 Å². The SMILES string of the molecule is O=[N+]([O-])c1cc(S(=O)(=O)NC2CCCC2Cl)c(F)cc1F. The van der Waals surface area contributed by atoms with Crippen LogP contribution in [0.2, 0.25) is 0 Å². The molecular formula is C11H11ClF2N2O4S. The molecule has 1 N–H and O–H groups in total. The van der Waals surface area contributed by atoms with Gasteiger partial charge < -0.3 is 0 Å². The predicted molar refractivity (Wildman–Crippen MR) is 70.6 cm³/mol. The maximum absolute atomic E-state index is 13.6. The Morgan fingerprint density at radius 2 is 1.95 bits per heavy atom. The Labute approximate surface area is 124 Å². The molecule has 0 radical (unpaired) electrons. The summed E-state index contributed by atoms with van der Waals surface area (Å²) in [5.74, 6) is -2.83. The van der Waals surface area contributed by atoms with Crippen LogP contribution in [-0.4, -0.2) is 24.8 Å². The van der Waals surface area contributed by atoms with Crippen LogP contribution in [0.25, 0.3) is 0 Å². The normalized spacial score (nSPS) is 22.4. The van der Waals surface area contributed by atoms with Gasteiger partial charge in [0.05, 0.1) is 4.92 Å². The highest BCUT2D eigenvalue weighted by atomic mass is 35.5. The molecule has 1 aliphatic carbocycles. The molecule has 0 aromatic heterocycles. The summed E-state index contributed by atoms with van der Waals surface area (Å²) in [6.07, 6.45) is 1.81. The number of nitro groups is 1. The van der Waals surface area contributed by atoms with Crippen molar-refractivity contribution in [3.05, 3.63) is 33.9 Å². The zero-order valence-corrected chi connectivity index (χ0v) is 12.1. The Morgan fingerprint density at radius 3 is 2.48 bits per heavy atom. The first-order valence-electron chi connectivity index (χ1n) is 6.02. The highest BCUT2D eigenvalue weighted by molar-refractivity contribution is 7.89. The van der Waals surface area contributed by atoms with Gasteiger partial charge in [0, 0.05) is 23.6 Å². The van der Waals surface area contributed by atoms with E-state index in [4.69, 9.17) is 11.6 Å². The number of sulfonamides is 1. The number of nitro benzene ring substituents is 1. The van der Waals surface area contributed by atoms with Crippen molar-refractivity contribution >= 4 is 27.3 Å². The number of halogens is 3. The zero-order chi connectivity index (χ0) is 15.8. The van der Waals surface area contributed by atoms with Crippen molar-refractivity contribution in [1.29, 1.82) is 0 Å². The summed E-state index contributed by atoms with van der Waals surface area (Å²) in [4.78, 5) is 8.53. The van der Waals surface area contributed by atoms with Crippen molar-refractivity contribution in [3.8, 4) is 0 Å². The lowest BCUT2D eigenvalue weighted by atomic mass is 10.3. The molecule has 6 nitrogen and oxygen atoms in total. The van der Waals surface area contributed by atoms with Crippen molar-refractivity contribution in [2.45, 2.75) is 35.6 Å². The van der Waals surface area contributed by atoms with Crippen LogP contribution in [0.1, 0.15) is 19.3 Å². The molecule has 10 heteroatoms. The third-order valence-electron chi connectivity index (χ3n) is 3.23. The van der Waals surface area contributed by atoms with Gasteiger partial charge in [0.25, 0.3) is 0 Å². The van der Waals surface area contributed by atoms with Gasteiger partial charge in [0.2, 0.25) is 15.8 Å². The van der Waals surface area contributed by atoms with Crippen LogP contribution in [0.5, 0.6) is 0 Å². The van der Waals surface area contributed by atoms with Crippen molar-refractivity contribution in [3.63, 3.8) is 0 Å². The zero-order valence-electron chi connectivity index (χ0n) is 10.6. The highest BCUT2D eigenvalue weighted by Gasteiger charge is 2.32. The molecule has 1 saturated carbocycles. The fourth-order valence-electron chi connectivity index (χ4n) is 2.17. The van der Waals surface area contributed by atoms with Gasteiger partial charge in [-0.1, -0.05) is 6.42 Å². The van der Waals surface area contributed by atoms with E-state index in [1.165, 1.54) is 0 Å². The Hall–Kier alpha value is -1.32. The minimum atomic E-state index is -4.36. The molecule has 0 amide bonds. The number of hydrogen-bond donors (Lipinski definition) is 1. The molecule has 1 aliphatic rings. The first kappa shape index (κ1) is 16.1. The number of nitrogens with zero attached hydrogens (tertiary/aromatic N) is 1. The van der Waals surface area contributed by atoms with Gasteiger partial charge >= 0.3 is 5.69 Å². The molecule has 0 saturated heterocycles. The van der Waals surface area contributed by atoms with E-state index in [1.54, 1.807) is 0 Å². The summed E-state index contributed by atoms with van der Waals surface area (Å²) in [7, 11) is -4.36. The second kappa shape index (κ2) is 5.82. The summed E-state index contributed by atoms with van der Waals surface area (Å²) in [6.45, 7) is 0. The van der Waals surface area contributed by atoms with Gasteiger partial charge in [-0.25, -0.2) is 17.5 Å². The standard InChI is InChI=1S/C11H11ClF2N2O4S/c12-6-2-1-3-9(6)15-21(19,20)11-5-10(16(17)18)7(13)4-8(11)14/h4-6,9,15H,1-3H2. The van der Waals surface area contributed by atoms with Crippen LogP contribution in [-0.2, 0) is 10.0 Å². The fourth-order valence-corrected chi connectivity index (χ4v) is 3.98. The summed E-state index contributed by atoms with van der Waals surface area (Å²) in [5, 5.41) is 10.2. The quantitative estimate of drug-likeness (QED) is 0.517. The maximum Gasteiger partial charge on any atom is 0.306 e.